The van der Waals surface area contributed by atoms with Gasteiger partial charge in [0.2, 0.25) is 5.91 Å². The first-order chi connectivity index (χ1) is 25.3. The minimum atomic E-state index is 0.0452. The first-order valence-corrected chi connectivity index (χ1v) is 17.7. The molecule has 7 N–H and O–H groups in total. The number of nitrogens with one attached hydrogen (secondary N) is 3. The van der Waals surface area contributed by atoms with Gasteiger partial charge in [-0.05, 0) is 53.3 Å². The molecule has 0 saturated heterocycles. The number of amidine groups is 2. The van der Waals surface area contributed by atoms with Gasteiger partial charge in [-0.1, -0.05) is 109 Å². The topological polar surface area (TPSA) is 150 Å². The van der Waals surface area contributed by atoms with Crippen molar-refractivity contribution in [2.45, 2.75) is 38.1 Å². The third-order valence-corrected chi connectivity index (χ3v) is 9.63. The standard InChI is InChI=1S/C43H46N8O/c1-50-39-22-21-36(28-38(39)49-40(50)23-16-30-12-17-34(18-13-30)42(44)45)51(41(52)24-26-48-29-31-14-19-35(20-15-31)43(46)47)27-25-37(32-8-4-2-5-9-32)33-10-6-3-7-11-33/h2-15,17-22,28,37,48H,16,23-27,29H2,1H3,(H3,44,45)(H3,46,47). The fourth-order valence-corrected chi connectivity index (χ4v) is 6.65. The lowest BCUT2D eigenvalue weighted by Crippen LogP contribution is -2.34. The summed E-state index contributed by atoms with van der Waals surface area (Å²) in [7, 11) is 2.04. The molecule has 1 heterocycles. The number of hydrogen-bond acceptors (Lipinski definition) is 5. The molecule has 0 aliphatic rings. The fraction of sp³-hybridized carbons (Fsp3) is 0.209. The van der Waals surface area contributed by atoms with E-state index in [1.807, 2.05) is 84.7 Å². The van der Waals surface area contributed by atoms with E-state index in [9.17, 15) is 4.79 Å². The maximum Gasteiger partial charge on any atom is 0.228 e. The second-order valence-corrected chi connectivity index (χ2v) is 13.1. The lowest BCUT2D eigenvalue weighted by molar-refractivity contribution is -0.118. The van der Waals surface area contributed by atoms with Gasteiger partial charge in [-0.15, -0.1) is 0 Å². The molecule has 5 aromatic carbocycles. The number of aromatic nitrogens is 2. The Kier molecular flexibility index (Phi) is 11.5. The normalized spacial score (nSPS) is 11.2. The van der Waals surface area contributed by atoms with Crippen LogP contribution in [0.15, 0.2) is 127 Å². The predicted molar refractivity (Wildman–Crippen MR) is 211 cm³/mol. The van der Waals surface area contributed by atoms with Crippen LogP contribution in [0.25, 0.3) is 11.0 Å². The Morgan fingerprint density at radius 2 is 1.35 bits per heavy atom. The Bertz CT molecular complexity index is 2090. The van der Waals surface area contributed by atoms with Crippen molar-refractivity contribution in [2.24, 2.45) is 18.5 Å². The van der Waals surface area contributed by atoms with Crippen LogP contribution in [0.5, 0.6) is 0 Å². The number of amides is 1. The van der Waals surface area contributed by atoms with Crippen LogP contribution in [-0.2, 0) is 31.2 Å². The molecule has 52 heavy (non-hydrogen) atoms. The number of carbonyl (C=O) groups excluding carboxylic acids is 1. The number of benzene rings is 5. The molecule has 9 nitrogen and oxygen atoms in total. The highest BCUT2D eigenvalue weighted by Crippen LogP contribution is 2.30. The fourth-order valence-electron chi connectivity index (χ4n) is 6.65. The highest BCUT2D eigenvalue weighted by Gasteiger charge is 2.21. The Morgan fingerprint density at radius 1 is 0.769 bits per heavy atom. The van der Waals surface area contributed by atoms with Crippen LogP contribution in [0.3, 0.4) is 0 Å². The zero-order chi connectivity index (χ0) is 36.5. The third-order valence-electron chi connectivity index (χ3n) is 9.63. The van der Waals surface area contributed by atoms with E-state index in [-0.39, 0.29) is 23.5 Å². The summed E-state index contributed by atoms with van der Waals surface area (Å²) in [5.41, 5.74) is 20.0. The van der Waals surface area contributed by atoms with Crippen LogP contribution >= 0.6 is 0 Å². The summed E-state index contributed by atoms with van der Waals surface area (Å²) in [6.45, 7) is 1.67. The van der Waals surface area contributed by atoms with Gasteiger partial charge in [-0.2, -0.15) is 0 Å². The summed E-state index contributed by atoms with van der Waals surface area (Å²) in [4.78, 5) is 21.0. The van der Waals surface area contributed by atoms with Crippen LogP contribution < -0.4 is 21.7 Å². The minimum absolute atomic E-state index is 0.0452. The molecule has 0 saturated carbocycles. The molecule has 9 heteroatoms. The molecule has 0 aliphatic heterocycles. The minimum Gasteiger partial charge on any atom is -0.384 e. The highest BCUT2D eigenvalue weighted by atomic mass is 16.2. The van der Waals surface area contributed by atoms with Crippen LogP contribution in [-0.4, -0.2) is 40.2 Å². The van der Waals surface area contributed by atoms with Crippen molar-refractivity contribution in [3.8, 4) is 0 Å². The van der Waals surface area contributed by atoms with Crippen molar-refractivity contribution < 1.29 is 4.79 Å². The number of fused-ring (bicyclic) bond motifs is 1. The quantitative estimate of drug-likeness (QED) is 0.0437. The lowest BCUT2D eigenvalue weighted by Gasteiger charge is -2.26. The molecular weight excluding hydrogens is 645 g/mol. The van der Waals surface area contributed by atoms with Gasteiger partial charge < -0.3 is 26.3 Å². The number of hydrogen-bond donors (Lipinski definition) is 5. The van der Waals surface area contributed by atoms with Gasteiger partial charge in [-0.3, -0.25) is 15.6 Å². The van der Waals surface area contributed by atoms with Gasteiger partial charge in [0.25, 0.3) is 0 Å². The Balaban J connectivity index is 1.21. The van der Waals surface area contributed by atoms with Gasteiger partial charge in [0.15, 0.2) is 0 Å². The first-order valence-electron chi connectivity index (χ1n) is 17.7. The number of anilines is 1. The molecule has 0 spiro atoms. The second-order valence-electron chi connectivity index (χ2n) is 13.1. The molecule has 1 amide bonds. The van der Waals surface area contributed by atoms with Crippen LogP contribution in [0.1, 0.15) is 58.0 Å². The smallest absolute Gasteiger partial charge is 0.228 e. The van der Waals surface area contributed by atoms with Crippen molar-refractivity contribution in [1.29, 1.82) is 10.8 Å². The molecule has 6 rings (SSSR count). The molecule has 0 atom stereocenters. The van der Waals surface area contributed by atoms with E-state index in [4.69, 9.17) is 27.3 Å². The average molecular weight is 691 g/mol. The maximum atomic E-state index is 14.1. The van der Waals surface area contributed by atoms with Crippen molar-refractivity contribution in [2.75, 3.05) is 18.0 Å². The van der Waals surface area contributed by atoms with Crippen molar-refractivity contribution >= 4 is 34.3 Å². The molecule has 0 fully saturated rings. The van der Waals surface area contributed by atoms with Gasteiger partial charge in [-0.25, -0.2) is 4.98 Å². The Labute approximate surface area is 305 Å². The SMILES string of the molecule is Cn1c(CCc2ccc(C(=N)N)cc2)nc2cc(N(CCC(c3ccccc3)c3ccccc3)C(=O)CCNCc3ccc(C(=N)N)cc3)ccc21. The monoisotopic (exact) mass is 690 g/mol. The van der Waals surface area contributed by atoms with E-state index >= 15 is 0 Å². The molecule has 6 aromatic rings. The number of aryl methyl sites for hydroxylation is 3. The van der Waals surface area contributed by atoms with Crippen LogP contribution in [0.4, 0.5) is 5.69 Å². The summed E-state index contributed by atoms with van der Waals surface area (Å²) in [5, 5.41) is 18.7. The molecular formula is C43H46N8O. The predicted octanol–water partition coefficient (Wildman–Crippen LogP) is 6.66. The number of nitrogens with two attached hydrogens (primary N) is 2. The van der Waals surface area contributed by atoms with E-state index in [1.165, 1.54) is 11.1 Å². The van der Waals surface area contributed by atoms with Gasteiger partial charge in [0.1, 0.15) is 17.5 Å². The average Bonchev–Trinajstić information content (AvgIpc) is 3.49. The van der Waals surface area contributed by atoms with Crippen LogP contribution in [0, 0.1) is 10.8 Å². The second kappa shape index (κ2) is 16.8. The Hall–Kier alpha value is -6.06. The number of imidazole rings is 1. The largest absolute Gasteiger partial charge is 0.384 e. The maximum absolute atomic E-state index is 14.1. The summed E-state index contributed by atoms with van der Waals surface area (Å²) >= 11 is 0. The number of nitrogen functional groups attached to an aromatic ring is 2. The van der Waals surface area contributed by atoms with Crippen molar-refractivity contribution in [1.82, 2.24) is 14.9 Å². The van der Waals surface area contributed by atoms with E-state index < -0.39 is 0 Å². The van der Waals surface area contributed by atoms with E-state index in [1.54, 1.807) is 0 Å². The van der Waals surface area contributed by atoms with Gasteiger partial charge in [0, 0.05) is 62.3 Å². The summed E-state index contributed by atoms with van der Waals surface area (Å²) < 4.78 is 2.13. The Morgan fingerprint density at radius 3 is 1.92 bits per heavy atom. The third kappa shape index (κ3) is 8.80. The zero-order valence-electron chi connectivity index (χ0n) is 29.6. The van der Waals surface area contributed by atoms with E-state index in [0.29, 0.717) is 37.2 Å². The first kappa shape index (κ1) is 35.8. The summed E-state index contributed by atoms with van der Waals surface area (Å²) in [6.07, 6.45) is 2.65. The molecule has 264 valence electrons. The van der Waals surface area contributed by atoms with Crippen molar-refractivity contribution in [3.05, 3.63) is 167 Å². The molecule has 0 unspecified atom stereocenters. The highest BCUT2D eigenvalue weighted by molar-refractivity contribution is 5.96. The summed E-state index contributed by atoms with van der Waals surface area (Å²) in [6, 6.07) is 42.5. The molecule has 0 radical (unpaired) electrons. The number of carbonyl (C=O) groups is 1. The van der Waals surface area contributed by atoms with Gasteiger partial charge in [0.05, 0.1) is 11.0 Å². The molecule has 0 bridgehead atoms. The van der Waals surface area contributed by atoms with E-state index in [0.717, 1.165) is 52.9 Å². The lowest BCUT2D eigenvalue weighted by atomic mass is 9.88. The zero-order valence-corrected chi connectivity index (χ0v) is 29.6. The van der Waals surface area contributed by atoms with Crippen LogP contribution in [0.2, 0.25) is 0 Å². The van der Waals surface area contributed by atoms with Crippen molar-refractivity contribution in [3.63, 3.8) is 0 Å². The molecule has 1 aromatic heterocycles. The summed E-state index contributed by atoms with van der Waals surface area (Å²) in [5.74, 6) is 1.25. The number of nitrogens with zero attached hydrogens (tertiary/aromatic N) is 3. The molecule has 0 aliphatic carbocycles. The van der Waals surface area contributed by atoms with E-state index in [2.05, 4.69) is 64.5 Å². The number of rotatable bonds is 16. The van der Waals surface area contributed by atoms with Gasteiger partial charge >= 0.3 is 0 Å².